The third-order valence-corrected chi connectivity index (χ3v) is 9.30. The number of hydrazone groups is 1. The van der Waals surface area contributed by atoms with Crippen LogP contribution in [-0.2, 0) is 16.6 Å². The van der Waals surface area contributed by atoms with Gasteiger partial charge in [0.25, 0.3) is 5.91 Å². The van der Waals surface area contributed by atoms with Gasteiger partial charge in [-0.3, -0.25) is 4.79 Å². The van der Waals surface area contributed by atoms with Gasteiger partial charge in [-0.05, 0) is 65.7 Å². The van der Waals surface area contributed by atoms with Gasteiger partial charge in [-0.15, -0.1) is 0 Å². The number of sulfonamides is 1. The molecule has 11 heteroatoms. The van der Waals surface area contributed by atoms with Gasteiger partial charge in [0.05, 0.1) is 21.3 Å². The molecule has 1 heterocycles. The van der Waals surface area contributed by atoms with Gasteiger partial charge < -0.3 is 0 Å². The maximum atomic E-state index is 13.8. The van der Waals surface area contributed by atoms with E-state index in [1.165, 1.54) is 60.0 Å². The van der Waals surface area contributed by atoms with Crippen molar-refractivity contribution in [3.8, 4) is 0 Å². The summed E-state index contributed by atoms with van der Waals surface area (Å²) in [6.45, 7) is 0.209. The van der Waals surface area contributed by atoms with Crippen molar-refractivity contribution in [3.63, 3.8) is 0 Å². The first-order valence-electron chi connectivity index (χ1n) is 12.0. The van der Waals surface area contributed by atoms with Crippen LogP contribution in [0.15, 0.2) is 112 Å². The summed E-state index contributed by atoms with van der Waals surface area (Å²) in [6.07, 6.45) is 1.52. The molecule has 4 aromatic carbocycles. The number of carbonyl (C=O) groups is 1. The summed E-state index contributed by atoms with van der Waals surface area (Å²) in [6, 6.07) is 26.5. The Kier molecular flexibility index (Phi) is 8.17. The van der Waals surface area contributed by atoms with Crippen LogP contribution in [0.3, 0.4) is 0 Å². The summed E-state index contributed by atoms with van der Waals surface area (Å²) in [5.74, 6) is -0.928. The van der Waals surface area contributed by atoms with E-state index in [2.05, 4.69) is 26.0 Å². The second-order valence-corrected chi connectivity index (χ2v) is 12.8. The number of nitrogens with zero attached hydrogens (tertiary/aromatic N) is 4. The zero-order chi connectivity index (χ0) is 28.3. The highest BCUT2D eigenvalue weighted by atomic mass is 79.9. The molecule has 202 valence electrons. The van der Waals surface area contributed by atoms with Gasteiger partial charge in [0.1, 0.15) is 5.82 Å². The average Bonchev–Trinajstić information content (AvgIpc) is 3.37. The van der Waals surface area contributed by atoms with Gasteiger partial charge in [-0.1, -0.05) is 69.7 Å². The summed E-state index contributed by atoms with van der Waals surface area (Å²) in [4.78, 5) is 18.2. The molecule has 0 bridgehead atoms. The Balaban J connectivity index is 1.44. The number of thiazole rings is 1. The molecule has 0 fully saturated rings. The monoisotopic (exact) mass is 636 g/mol. The number of anilines is 1. The van der Waals surface area contributed by atoms with Crippen molar-refractivity contribution in [2.45, 2.75) is 11.4 Å². The number of hydrogen-bond acceptors (Lipinski definition) is 6. The highest BCUT2D eigenvalue weighted by molar-refractivity contribution is 9.10. The molecule has 0 unspecified atom stereocenters. The van der Waals surface area contributed by atoms with Crippen molar-refractivity contribution < 1.29 is 17.6 Å². The minimum Gasteiger partial charge on any atom is -0.267 e. The molecule has 0 aliphatic heterocycles. The quantitative estimate of drug-likeness (QED) is 0.140. The molecule has 0 saturated carbocycles. The predicted molar refractivity (Wildman–Crippen MR) is 160 cm³/mol. The van der Waals surface area contributed by atoms with E-state index in [1.807, 2.05) is 54.6 Å². The molecule has 1 aromatic heterocycles. The van der Waals surface area contributed by atoms with Crippen molar-refractivity contribution in [1.29, 1.82) is 0 Å². The molecule has 0 aliphatic carbocycles. The lowest BCUT2D eigenvalue weighted by Crippen LogP contribution is -2.27. The molecule has 1 amide bonds. The number of fused-ring (bicyclic) bond motifs is 1. The SMILES string of the molecule is CN(Cc1ccccc1)S(=O)(=O)c1ccc(C(=O)N(/N=C/c2ccc(Br)cc2)c2nc3ccc(F)cc3s2)cc1. The van der Waals surface area contributed by atoms with E-state index >= 15 is 0 Å². The molecule has 0 radical (unpaired) electrons. The number of benzene rings is 4. The molecule has 0 N–H and O–H groups in total. The zero-order valence-electron chi connectivity index (χ0n) is 21.1. The molecular formula is C29H22BrFN4O3S2. The third-order valence-electron chi connectivity index (χ3n) is 5.96. The fraction of sp³-hybridized carbons (Fsp3) is 0.0690. The maximum Gasteiger partial charge on any atom is 0.280 e. The van der Waals surface area contributed by atoms with Gasteiger partial charge in [0.15, 0.2) is 0 Å². The van der Waals surface area contributed by atoms with Crippen LogP contribution in [0.1, 0.15) is 21.5 Å². The molecule has 5 rings (SSSR count). The number of hydrogen-bond donors (Lipinski definition) is 0. The fourth-order valence-electron chi connectivity index (χ4n) is 3.84. The summed E-state index contributed by atoms with van der Waals surface area (Å²) in [7, 11) is -2.28. The molecule has 40 heavy (non-hydrogen) atoms. The number of aromatic nitrogens is 1. The summed E-state index contributed by atoms with van der Waals surface area (Å²) in [5, 5.41) is 5.79. The van der Waals surface area contributed by atoms with Crippen LogP contribution in [0, 0.1) is 5.82 Å². The molecule has 7 nitrogen and oxygen atoms in total. The minimum absolute atomic E-state index is 0.0582. The van der Waals surface area contributed by atoms with Crippen molar-refractivity contribution in [2.75, 3.05) is 12.1 Å². The van der Waals surface area contributed by atoms with Crippen LogP contribution in [0.2, 0.25) is 0 Å². The van der Waals surface area contributed by atoms with Crippen LogP contribution in [-0.4, -0.2) is 36.9 Å². The lowest BCUT2D eigenvalue weighted by molar-refractivity contribution is 0.0987. The Hall–Kier alpha value is -3.77. The average molecular weight is 638 g/mol. The van der Waals surface area contributed by atoms with Crippen molar-refractivity contribution >= 4 is 64.8 Å². The van der Waals surface area contributed by atoms with Gasteiger partial charge in [-0.2, -0.15) is 14.4 Å². The maximum absolute atomic E-state index is 13.8. The Morgan fingerprint density at radius 2 is 1.70 bits per heavy atom. The molecule has 0 spiro atoms. The number of amides is 1. The normalized spacial score (nSPS) is 11.9. The van der Waals surface area contributed by atoms with Gasteiger partial charge in [0, 0.05) is 23.6 Å². The topological polar surface area (TPSA) is 82.9 Å². The van der Waals surface area contributed by atoms with Crippen LogP contribution in [0.25, 0.3) is 10.2 Å². The lowest BCUT2D eigenvalue weighted by atomic mass is 10.2. The zero-order valence-corrected chi connectivity index (χ0v) is 24.3. The highest BCUT2D eigenvalue weighted by Crippen LogP contribution is 2.31. The van der Waals surface area contributed by atoms with E-state index in [1.54, 1.807) is 0 Å². The van der Waals surface area contributed by atoms with Crippen LogP contribution in [0.5, 0.6) is 0 Å². The second-order valence-electron chi connectivity index (χ2n) is 8.79. The standard InChI is InChI=1S/C29H22BrFN4O3S2/c1-34(19-21-5-3-2-4-6-21)40(37,38)25-14-9-22(10-15-25)28(36)35(32-18-20-7-11-23(30)12-8-20)29-33-26-16-13-24(31)17-27(26)39-29/h2-18H,19H2,1H3/b32-18+. The van der Waals surface area contributed by atoms with E-state index in [4.69, 9.17) is 0 Å². The third kappa shape index (κ3) is 6.18. The lowest BCUT2D eigenvalue weighted by Gasteiger charge is -2.18. The Labute approximate surface area is 243 Å². The van der Waals surface area contributed by atoms with Gasteiger partial charge in [0.2, 0.25) is 15.2 Å². The van der Waals surface area contributed by atoms with Gasteiger partial charge >= 0.3 is 0 Å². The number of halogens is 2. The van der Waals surface area contributed by atoms with E-state index in [0.29, 0.717) is 10.2 Å². The largest absolute Gasteiger partial charge is 0.280 e. The molecule has 0 aliphatic rings. The highest BCUT2D eigenvalue weighted by Gasteiger charge is 2.24. The first-order chi connectivity index (χ1) is 19.2. The van der Waals surface area contributed by atoms with E-state index in [-0.39, 0.29) is 22.1 Å². The first kappa shape index (κ1) is 27.8. The minimum atomic E-state index is -3.79. The van der Waals surface area contributed by atoms with E-state index in [0.717, 1.165) is 31.9 Å². The Morgan fingerprint density at radius 1 is 1.00 bits per heavy atom. The number of rotatable bonds is 8. The smallest absolute Gasteiger partial charge is 0.267 e. The summed E-state index contributed by atoms with van der Waals surface area (Å²) >= 11 is 4.52. The molecule has 5 aromatic rings. The molecule has 0 saturated heterocycles. The first-order valence-corrected chi connectivity index (χ1v) is 15.1. The Bertz CT molecular complexity index is 1790. The van der Waals surface area contributed by atoms with Crippen LogP contribution >= 0.6 is 27.3 Å². The van der Waals surface area contributed by atoms with Crippen LogP contribution < -0.4 is 5.01 Å². The molecular weight excluding hydrogens is 615 g/mol. The van der Waals surface area contributed by atoms with Crippen molar-refractivity contribution in [3.05, 3.63) is 124 Å². The van der Waals surface area contributed by atoms with E-state index < -0.39 is 21.7 Å². The summed E-state index contributed by atoms with van der Waals surface area (Å²) in [5.41, 5.74) is 2.34. The fourth-order valence-corrected chi connectivity index (χ4v) is 6.21. The number of carbonyl (C=O) groups excluding carboxylic acids is 1. The predicted octanol–water partition coefficient (Wildman–Crippen LogP) is 6.70. The Morgan fingerprint density at radius 3 is 2.40 bits per heavy atom. The molecule has 0 atom stereocenters. The van der Waals surface area contributed by atoms with Crippen molar-refractivity contribution in [2.24, 2.45) is 5.10 Å². The van der Waals surface area contributed by atoms with Crippen LogP contribution in [0.4, 0.5) is 9.52 Å². The van der Waals surface area contributed by atoms with E-state index in [9.17, 15) is 17.6 Å². The van der Waals surface area contributed by atoms with Crippen molar-refractivity contribution in [1.82, 2.24) is 9.29 Å². The van der Waals surface area contributed by atoms with Gasteiger partial charge in [-0.25, -0.2) is 17.8 Å². The summed E-state index contributed by atoms with van der Waals surface area (Å²) < 4.78 is 42.8. The second kappa shape index (κ2) is 11.8.